The molecular weight excluding hydrogens is 386 g/mol. The van der Waals surface area contributed by atoms with E-state index in [4.69, 9.17) is 9.47 Å². The van der Waals surface area contributed by atoms with Crippen molar-refractivity contribution >= 4 is 27.8 Å². The molecule has 136 valence electrons. The van der Waals surface area contributed by atoms with Gasteiger partial charge >= 0.3 is 6.09 Å². The summed E-state index contributed by atoms with van der Waals surface area (Å²) in [7, 11) is 1.61. The monoisotopic (exact) mass is 409 g/mol. The summed E-state index contributed by atoms with van der Waals surface area (Å²) >= 11 is 3.48. The number of methoxy groups -OCH3 is 1. The van der Waals surface area contributed by atoms with Crippen molar-refractivity contribution in [1.29, 1.82) is 0 Å². The quantitative estimate of drug-likeness (QED) is 0.757. The molecule has 0 aromatic heterocycles. The van der Waals surface area contributed by atoms with Crippen molar-refractivity contribution in [2.75, 3.05) is 13.7 Å². The Morgan fingerprint density at radius 3 is 2.60 bits per heavy atom. The van der Waals surface area contributed by atoms with Crippen molar-refractivity contribution < 1.29 is 19.1 Å². The fourth-order valence-electron chi connectivity index (χ4n) is 3.43. The highest BCUT2D eigenvalue weighted by molar-refractivity contribution is 9.10. The second-order valence-electron chi connectivity index (χ2n) is 7.90. The van der Waals surface area contributed by atoms with E-state index in [2.05, 4.69) is 15.9 Å². The molecule has 1 aromatic carbocycles. The number of ether oxygens (including phenoxy) is 2. The summed E-state index contributed by atoms with van der Waals surface area (Å²) in [6, 6.07) is 5.24. The summed E-state index contributed by atoms with van der Waals surface area (Å²) in [6.45, 7) is 5.97. The maximum absolute atomic E-state index is 13.0. The third-order valence-corrected chi connectivity index (χ3v) is 5.45. The zero-order chi connectivity index (χ0) is 18.4. The number of rotatable bonds is 3. The Labute approximate surface area is 156 Å². The zero-order valence-corrected chi connectivity index (χ0v) is 16.7. The number of para-hydroxylation sites is 1. The lowest BCUT2D eigenvalue weighted by atomic mass is 9.96. The molecule has 0 bridgehead atoms. The average molecular weight is 410 g/mol. The van der Waals surface area contributed by atoms with Crippen molar-refractivity contribution in [3.05, 3.63) is 28.2 Å². The molecule has 5 nitrogen and oxygen atoms in total. The second-order valence-corrected chi connectivity index (χ2v) is 8.76. The molecule has 1 aliphatic carbocycles. The van der Waals surface area contributed by atoms with Crippen LogP contribution in [0.2, 0.25) is 0 Å². The van der Waals surface area contributed by atoms with Gasteiger partial charge in [-0.05, 0) is 61.2 Å². The number of carbonyl (C=O) groups is 2. The SMILES string of the molecule is COc1c(Br)cccc1CC1C(=O)C2(CC2)CN1C(=O)OC(C)(C)C. The Hall–Kier alpha value is -1.56. The van der Waals surface area contributed by atoms with Crippen LogP contribution in [0.1, 0.15) is 39.2 Å². The number of halogens is 1. The number of amides is 1. The van der Waals surface area contributed by atoms with Gasteiger partial charge < -0.3 is 9.47 Å². The average Bonchev–Trinajstić information content (AvgIpc) is 3.24. The molecule has 25 heavy (non-hydrogen) atoms. The first-order chi connectivity index (χ1) is 11.7. The second kappa shape index (κ2) is 6.31. The van der Waals surface area contributed by atoms with Crippen molar-refractivity contribution in [2.24, 2.45) is 5.41 Å². The van der Waals surface area contributed by atoms with Gasteiger partial charge in [-0.3, -0.25) is 9.69 Å². The van der Waals surface area contributed by atoms with E-state index in [1.165, 1.54) is 0 Å². The number of ketones is 1. The molecule has 1 amide bonds. The maximum Gasteiger partial charge on any atom is 0.410 e. The standard InChI is InChI=1S/C19H24BrNO4/c1-18(2,3)25-17(23)21-11-19(8-9-19)16(22)14(21)10-12-6-5-7-13(20)15(12)24-4/h5-7,14H,8-11H2,1-4H3. The van der Waals surface area contributed by atoms with Gasteiger partial charge in [-0.1, -0.05) is 12.1 Å². The van der Waals surface area contributed by atoms with Crippen LogP contribution in [0.5, 0.6) is 5.75 Å². The van der Waals surface area contributed by atoms with Crippen LogP contribution in [-0.4, -0.2) is 42.1 Å². The van der Waals surface area contributed by atoms with E-state index >= 15 is 0 Å². The normalized spacial score (nSPS) is 21.6. The number of benzene rings is 1. The van der Waals surface area contributed by atoms with Crippen LogP contribution < -0.4 is 4.74 Å². The van der Waals surface area contributed by atoms with Crippen molar-refractivity contribution in [3.63, 3.8) is 0 Å². The minimum Gasteiger partial charge on any atom is -0.495 e. The fourth-order valence-corrected chi connectivity index (χ4v) is 4.00. The lowest BCUT2D eigenvalue weighted by molar-refractivity contribution is -0.123. The molecule has 1 heterocycles. The van der Waals surface area contributed by atoms with E-state index in [-0.39, 0.29) is 11.2 Å². The van der Waals surface area contributed by atoms with Gasteiger partial charge in [-0.25, -0.2) is 4.79 Å². The minimum atomic E-state index is -0.586. The molecule has 1 saturated heterocycles. The molecule has 1 spiro atoms. The van der Waals surface area contributed by atoms with Crippen LogP contribution in [0.3, 0.4) is 0 Å². The molecule has 6 heteroatoms. The fraction of sp³-hybridized carbons (Fsp3) is 0.579. The van der Waals surface area contributed by atoms with Gasteiger partial charge in [0.05, 0.1) is 17.6 Å². The van der Waals surface area contributed by atoms with Crippen molar-refractivity contribution in [3.8, 4) is 5.75 Å². The van der Waals surface area contributed by atoms with Gasteiger partial charge in [0.2, 0.25) is 0 Å². The maximum atomic E-state index is 13.0. The van der Waals surface area contributed by atoms with Gasteiger partial charge in [-0.2, -0.15) is 0 Å². The highest BCUT2D eigenvalue weighted by atomic mass is 79.9. The summed E-state index contributed by atoms with van der Waals surface area (Å²) < 4.78 is 11.8. The van der Waals surface area contributed by atoms with Gasteiger partial charge in [-0.15, -0.1) is 0 Å². The number of likely N-dealkylation sites (tertiary alicyclic amines) is 1. The Morgan fingerprint density at radius 1 is 1.36 bits per heavy atom. The topological polar surface area (TPSA) is 55.8 Å². The Bertz CT molecular complexity index is 706. The molecule has 2 aliphatic rings. The first-order valence-corrected chi connectivity index (χ1v) is 9.31. The number of nitrogens with zero attached hydrogens (tertiary/aromatic N) is 1. The van der Waals surface area contributed by atoms with Crippen molar-refractivity contribution in [1.82, 2.24) is 4.90 Å². The molecule has 1 aromatic rings. The van der Waals surface area contributed by atoms with Crippen molar-refractivity contribution in [2.45, 2.75) is 51.7 Å². The van der Waals surface area contributed by atoms with Crippen LogP contribution in [0.15, 0.2) is 22.7 Å². The van der Waals surface area contributed by atoms with Crippen LogP contribution in [-0.2, 0) is 16.0 Å². The van der Waals surface area contributed by atoms with Crippen LogP contribution >= 0.6 is 15.9 Å². The molecule has 3 rings (SSSR count). The van der Waals surface area contributed by atoms with Gasteiger partial charge in [0, 0.05) is 18.4 Å². The predicted molar refractivity (Wildman–Crippen MR) is 97.8 cm³/mol. The minimum absolute atomic E-state index is 0.153. The van der Waals surface area contributed by atoms with E-state index < -0.39 is 17.7 Å². The summed E-state index contributed by atoms with van der Waals surface area (Å²) in [5, 5.41) is 0. The highest BCUT2D eigenvalue weighted by Crippen LogP contribution is 2.53. The first-order valence-electron chi connectivity index (χ1n) is 8.52. The first kappa shape index (κ1) is 18.2. The molecule has 0 radical (unpaired) electrons. The smallest absolute Gasteiger partial charge is 0.410 e. The summed E-state index contributed by atoms with van der Waals surface area (Å²) in [6.07, 6.45) is 1.74. The number of hydrogen-bond donors (Lipinski definition) is 0. The molecule has 1 aliphatic heterocycles. The summed E-state index contributed by atoms with van der Waals surface area (Å²) in [4.78, 5) is 27.2. The van der Waals surface area contributed by atoms with Crippen LogP contribution in [0.25, 0.3) is 0 Å². The van der Waals surface area contributed by atoms with E-state index in [9.17, 15) is 9.59 Å². The van der Waals surface area contributed by atoms with Gasteiger partial charge in [0.1, 0.15) is 11.4 Å². The lowest BCUT2D eigenvalue weighted by Crippen LogP contribution is -2.42. The Balaban J connectivity index is 1.88. The molecule has 0 N–H and O–H groups in total. The number of hydrogen-bond acceptors (Lipinski definition) is 4. The molecular formula is C19H24BrNO4. The summed E-state index contributed by atoms with van der Waals surface area (Å²) in [5.74, 6) is 0.858. The van der Waals surface area contributed by atoms with E-state index in [0.29, 0.717) is 18.7 Å². The number of Topliss-reactive ketones (excluding diaryl/α,β-unsaturated/α-hetero) is 1. The third kappa shape index (κ3) is 3.54. The van der Waals surface area contributed by atoms with Gasteiger partial charge in [0.25, 0.3) is 0 Å². The summed E-state index contributed by atoms with van der Waals surface area (Å²) in [5.41, 5.74) is -0.0281. The largest absolute Gasteiger partial charge is 0.495 e. The van der Waals surface area contributed by atoms with Crippen LogP contribution in [0, 0.1) is 5.41 Å². The Morgan fingerprint density at radius 2 is 2.04 bits per heavy atom. The predicted octanol–water partition coefficient (Wildman–Crippen LogP) is 3.97. The molecule has 2 fully saturated rings. The zero-order valence-electron chi connectivity index (χ0n) is 15.1. The number of carbonyl (C=O) groups excluding carboxylic acids is 2. The van der Waals surface area contributed by atoms with E-state index in [1.54, 1.807) is 12.0 Å². The van der Waals surface area contributed by atoms with Crippen LogP contribution in [0.4, 0.5) is 4.79 Å². The highest BCUT2D eigenvalue weighted by Gasteiger charge is 2.60. The van der Waals surface area contributed by atoms with E-state index in [1.807, 2.05) is 39.0 Å². The van der Waals surface area contributed by atoms with Gasteiger partial charge in [0.15, 0.2) is 5.78 Å². The molecule has 1 atom stereocenters. The Kier molecular flexibility index (Phi) is 4.60. The third-order valence-electron chi connectivity index (χ3n) is 4.82. The molecule has 1 unspecified atom stereocenters. The molecule has 1 saturated carbocycles. The van der Waals surface area contributed by atoms with E-state index in [0.717, 1.165) is 22.9 Å². The lowest BCUT2D eigenvalue weighted by Gasteiger charge is -2.28.